The molecule has 0 bridgehead atoms. The molecule has 4 aromatic rings. The van der Waals surface area contributed by atoms with Gasteiger partial charge >= 0.3 is 5.97 Å². The summed E-state index contributed by atoms with van der Waals surface area (Å²) in [5, 5.41) is 3.34. The first-order chi connectivity index (χ1) is 16.3. The monoisotopic (exact) mass is 463 g/mol. The Balaban J connectivity index is 1.55. The molecule has 34 heavy (non-hydrogen) atoms. The Morgan fingerprint density at radius 1 is 1.09 bits per heavy atom. The maximum atomic E-state index is 13.0. The van der Waals surface area contributed by atoms with Crippen molar-refractivity contribution in [1.29, 1.82) is 0 Å². The summed E-state index contributed by atoms with van der Waals surface area (Å²) < 4.78 is 19.4. The van der Waals surface area contributed by atoms with Crippen LogP contribution in [-0.4, -0.2) is 34.5 Å². The van der Waals surface area contributed by atoms with E-state index < -0.39 is 23.5 Å². The summed E-state index contributed by atoms with van der Waals surface area (Å²) in [6.07, 6.45) is -1.18. The number of nitrogens with one attached hydrogen (secondary N) is 1. The molecule has 0 spiro atoms. The number of amides is 1. The highest BCUT2D eigenvalue weighted by Gasteiger charge is 2.27. The molecule has 9 heteroatoms. The lowest BCUT2D eigenvalue weighted by Gasteiger charge is -2.12. The van der Waals surface area contributed by atoms with E-state index >= 15 is 0 Å². The second kappa shape index (κ2) is 9.40. The van der Waals surface area contributed by atoms with Gasteiger partial charge in [-0.3, -0.25) is 14.3 Å². The topological polar surface area (TPSA) is 105 Å². The quantitative estimate of drug-likeness (QED) is 0.420. The lowest BCUT2D eigenvalue weighted by atomic mass is 10.1. The van der Waals surface area contributed by atoms with Crippen molar-refractivity contribution in [1.82, 2.24) is 9.36 Å². The van der Waals surface area contributed by atoms with Gasteiger partial charge in [0.2, 0.25) is 5.76 Å². The molecule has 1 amide bonds. The summed E-state index contributed by atoms with van der Waals surface area (Å²) in [5.74, 6) is -1.45. The number of hydrogen-bond donors (Lipinski definition) is 1. The number of ether oxygens (including phenoxy) is 2. The highest BCUT2D eigenvalue weighted by molar-refractivity contribution is 5.99. The molecular formula is C25H25N3O6. The van der Waals surface area contributed by atoms with Gasteiger partial charge in [0, 0.05) is 25.1 Å². The van der Waals surface area contributed by atoms with E-state index in [4.69, 9.17) is 13.9 Å². The average molecular weight is 463 g/mol. The van der Waals surface area contributed by atoms with Crippen molar-refractivity contribution in [2.75, 3.05) is 12.4 Å². The van der Waals surface area contributed by atoms with Crippen LogP contribution >= 0.6 is 0 Å². The maximum Gasteiger partial charge on any atom is 0.375 e. The first kappa shape index (κ1) is 23.1. The van der Waals surface area contributed by atoms with Crippen LogP contribution < -0.4 is 10.9 Å². The number of esters is 1. The van der Waals surface area contributed by atoms with Gasteiger partial charge in [-0.25, -0.2) is 9.48 Å². The van der Waals surface area contributed by atoms with E-state index in [1.54, 1.807) is 42.9 Å². The largest absolute Gasteiger partial charge is 0.449 e. The number of carbonyl (C=O) groups is 2. The standard InChI is InChI=1S/C25H25N3O6/c1-15-21(24(30)28(27(15)3)17-10-6-5-7-11-17)26-23(29)16(2)33-25(31)22-19(14-32-4)18-12-8-9-13-20(18)34-22/h5-13,16H,14H2,1-4H3,(H,26,29). The Bertz CT molecular complexity index is 1410. The first-order valence-electron chi connectivity index (χ1n) is 10.7. The Labute approximate surface area is 195 Å². The molecule has 2 heterocycles. The zero-order chi connectivity index (χ0) is 24.4. The minimum Gasteiger partial charge on any atom is -0.449 e. The van der Waals surface area contributed by atoms with E-state index in [9.17, 15) is 14.4 Å². The summed E-state index contributed by atoms with van der Waals surface area (Å²) >= 11 is 0. The number of benzene rings is 2. The molecule has 2 aromatic carbocycles. The second-order valence-corrected chi connectivity index (χ2v) is 7.81. The van der Waals surface area contributed by atoms with Crippen molar-refractivity contribution >= 4 is 28.5 Å². The molecular weight excluding hydrogens is 438 g/mol. The van der Waals surface area contributed by atoms with E-state index in [1.165, 1.54) is 18.7 Å². The molecule has 0 fully saturated rings. The van der Waals surface area contributed by atoms with Crippen LogP contribution in [0.3, 0.4) is 0 Å². The molecule has 176 valence electrons. The fourth-order valence-corrected chi connectivity index (χ4v) is 3.76. The lowest BCUT2D eigenvalue weighted by molar-refractivity contribution is -0.123. The van der Waals surface area contributed by atoms with Crippen LogP contribution in [0.5, 0.6) is 0 Å². The Morgan fingerprint density at radius 3 is 2.47 bits per heavy atom. The number of fused-ring (bicyclic) bond motifs is 1. The zero-order valence-electron chi connectivity index (χ0n) is 19.3. The minimum absolute atomic E-state index is 0.0231. The molecule has 9 nitrogen and oxygen atoms in total. The molecule has 0 aliphatic rings. The van der Waals surface area contributed by atoms with Gasteiger partial charge in [-0.05, 0) is 32.0 Å². The third-order valence-corrected chi connectivity index (χ3v) is 5.63. The number of carbonyl (C=O) groups excluding carboxylic acids is 2. The number of para-hydroxylation sites is 2. The number of furan rings is 1. The number of aromatic nitrogens is 2. The fourth-order valence-electron chi connectivity index (χ4n) is 3.76. The second-order valence-electron chi connectivity index (χ2n) is 7.81. The van der Waals surface area contributed by atoms with E-state index in [-0.39, 0.29) is 18.1 Å². The number of hydrogen-bond acceptors (Lipinski definition) is 6. The van der Waals surface area contributed by atoms with E-state index in [1.807, 2.05) is 30.3 Å². The predicted octanol–water partition coefficient (Wildman–Crippen LogP) is 3.56. The van der Waals surface area contributed by atoms with Gasteiger partial charge in [0.15, 0.2) is 6.10 Å². The Hall–Kier alpha value is -4.11. The molecule has 0 radical (unpaired) electrons. The highest BCUT2D eigenvalue weighted by Crippen LogP contribution is 2.27. The summed E-state index contributed by atoms with van der Waals surface area (Å²) in [6, 6.07) is 16.2. The van der Waals surface area contributed by atoms with E-state index in [0.29, 0.717) is 22.5 Å². The van der Waals surface area contributed by atoms with Crippen molar-refractivity contribution in [3.63, 3.8) is 0 Å². The van der Waals surface area contributed by atoms with Crippen molar-refractivity contribution in [3.05, 3.63) is 82.0 Å². The van der Waals surface area contributed by atoms with Gasteiger partial charge in [0.25, 0.3) is 11.5 Å². The van der Waals surface area contributed by atoms with Crippen LogP contribution in [0.25, 0.3) is 16.7 Å². The van der Waals surface area contributed by atoms with Crippen molar-refractivity contribution in [2.45, 2.75) is 26.6 Å². The van der Waals surface area contributed by atoms with Gasteiger partial charge in [-0.1, -0.05) is 36.4 Å². The van der Waals surface area contributed by atoms with Crippen LogP contribution in [0.15, 0.2) is 63.8 Å². The molecule has 4 rings (SSSR count). The zero-order valence-corrected chi connectivity index (χ0v) is 19.3. The van der Waals surface area contributed by atoms with Crippen molar-refractivity contribution < 1.29 is 23.5 Å². The molecule has 1 unspecified atom stereocenters. The predicted molar refractivity (Wildman–Crippen MR) is 126 cm³/mol. The summed E-state index contributed by atoms with van der Waals surface area (Å²) in [4.78, 5) is 38.7. The smallest absolute Gasteiger partial charge is 0.375 e. The molecule has 1 atom stereocenters. The highest BCUT2D eigenvalue weighted by atomic mass is 16.6. The number of rotatable bonds is 7. The molecule has 1 N–H and O–H groups in total. The van der Waals surface area contributed by atoms with Gasteiger partial charge in [0.1, 0.15) is 11.3 Å². The number of anilines is 1. The van der Waals surface area contributed by atoms with E-state index in [2.05, 4.69) is 5.32 Å². The number of methoxy groups -OCH3 is 1. The lowest BCUT2D eigenvalue weighted by Crippen LogP contribution is -2.32. The minimum atomic E-state index is -1.18. The Morgan fingerprint density at radius 2 is 1.76 bits per heavy atom. The van der Waals surface area contributed by atoms with Crippen LogP contribution in [0.4, 0.5) is 5.69 Å². The molecule has 2 aromatic heterocycles. The molecule has 0 saturated heterocycles. The molecule has 0 aliphatic carbocycles. The van der Waals surface area contributed by atoms with Crippen LogP contribution in [0, 0.1) is 6.92 Å². The van der Waals surface area contributed by atoms with E-state index in [0.717, 1.165) is 5.39 Å². The molecule has 0 aliphatic heterocycles. The van der Waals surface area contributed by atoms with Crippen molar-refractivity contribution in [2.24, 2.45) is 7.05 Å². The average Bonchev–Trinajstić information content (AvgIpc) is 3.30. The van der Waals surface area contributed by atoms with Crippen LogP contribution in [-0.2, 0) is 27.9 Å². The SMILES string of the molecule is COCc1c(C(=O)OC(C)C(=O)Nc2c(C)n(C)n(-c3ccccc3)c2=O)oc2ccccc12. The van der Waals surface area contributed by atoms with Gasteiger partial charge in [-0.15, -0.1) is 0 Å². The molecule has 0 saturated carbocycles. The third kappa shape index (κ3) is 4.13. The van der Waals surface area contributed by atoms with Crippen molar-refractivity contribution in [3.8, 4) is 5.69 Å². The Kier molecular flexibility index (Phi) is 6.38. The summed E-state index contributed by atoms with van der Waals surface area (Å²) in [6.45, 7) is 3.29. The number of nitrogens with zero attached hydrogens (tertiary/aromatic N) is 2. The summed E-state index contributed by atoms with van der Waals surface area (Å²) in [7, 11) is 3.24. The summed E-state index contributed by atoms with van der Waals surface area (Å²) in [5.41, 5.74) is 2.00. The third-order valence-electron chi connectivity index (χ3n) is 5.63. The normalized spacial score (nSPS) is 12.0. The van der Waals surface area contributed by atoms with Crippen LogP contribution in [0.1, 0.15) is 28.7 Å². The van der Waals surface area contributed by atoms with Crippen LogP contribution in [0.2, 0.25) is 0 Å². The van der Waals surface area contributed by atoms with Gasteiger partial charge < -0.3 is 19.2 Å². The van der Waals surface area contributed by atoms with Gasteiger partial charge in [0.05, 0.1) is 18.0 Å². The first-order valence-corrected chi connectivity index (χ1v) is 10.7. The maximum absolute atomic E-state index is 13.0. The fraction of sp³-hybridized carbons (Fsp3) is 0.240. The van der Waals surface area contributed by atoms with Gasteiger partial charge in [-0.2, -0.15) is 0 Å².